The first kappa shape index (κ1) is 25.0. The minimum absolute atomic E-state index is 0.168. The van der Waals surface area contributed by atoms with Gasteiger partial charge >= 0.3 is 0 Å². The second kappa shape index (κ2) is 11.5. The van der Waals surface area contributed by atoms with Crippen LogP contribution in [0.3, 0.4) is 0 Å². The van der Waals surface area contributed by atoms with E-state index in [2.05, 4.69) is 32.3 Å². The number of rotatable bonds is 9. The summed E-state index contributed by atoms with van der Waals surface area (Å²) in [4.78, 5) is 2.30. The zero-order valence-corrected chi connectivity index (χ0v) is 20.4. The molecule has 0 radical (unpaired) electrons. The number of likely N-dealkylation sites (tertiary alicyclic amines) is 1. The molecule has 3 rings (SSSR count). The Labute approximate surface area is 197 Å². The van der Waals surface area contributed by atoms with Crippen molar-refractivity contribution in [2.75, 3.05) is 38.4 Å². The summed E-state index contributed by atoms with van der Waals surface area (Å²) in [6.07, 6.45) is 2.16. The van der Waals surface area contributed by atoms with Gasteiger partial charge in [-0.2, -0.15) is 0 Å². The number of aryl methyl sites for hydroxylation is 1. The van der Waals surface area contributed by atoms with E-state index in [0.717, 1.165) is 54.1 Å². The summed E-state index contributed by atoms with van der Waals surface area (Å²) in [6.45, 7) is 12.8. The maximum atomic E-state index is 10.1. The van der Waals surface area contributed by atoms with Crippen LogP contribution in [0.5, 0.6) is 5.75 Å². The number of ether oxygens (including phenoxy) is 2. The molecule has 1 aliphatic rings. The Morgan fingerprint density at radius 3 is 2.79 bits per heavy atom. The zero-order chi connectivity index (χ0) is 23.8. The maximum Gasteiger partial charge on any atom is 0.189 e. The molecule has 1 aromatic heterocycles. The second-order valence-electron chi connectivity index (χ2n) is 9.13. The first-order valence-electron chi connectivity index (χ1n) is 11.6. The van der Waals surface area contributed by atoms with Crippen molar-refractivity contribution < 1.29 is 14.6 Å². The predicted octanol–water partition coefficient (Wildman–Crippen LogP) is 3.84. The molecule has 2 aromatic rings. The molecule has 0 aliphatic carbocycles. The highest BCUT2D eigenvalue weighted by molar-refractivity contribution is 5.71. The molecule has 7 nitrogen and oxygen atoms in total. The van der Waals surface area contributed by atoms with Crippen LogP contribution in [0.25, 0.3) is 11.3 Å². The quantitative estimate of drug-likeness (QED) is 0.340. The first-order chi connectivity index (χ1) is 15.8. The first-order valence-corrected chi connectivity index (χ1v) is 11.6. The molecule has 2 heterocycles. The van der Waals surface area contributed by atoms with Crippen LogP contribution in [0, 0.1) is 18.8 Å². The van der Waals surface area contributed by atoms with E-state index in [4.69, 9.17) is 9.47 Å². The molecular formula is C26H36N4O3. The van der Waals surface area contributed by atoms with Crippen molar-refractivity contribution in [3.63, 3.8) is 0 Å². The Morgan fingerprint density at radius 2 is 2.09 bits per heavy atom. The smallest absolute Gasteiger partial charge is 0.189 e. The van der Waals surface area contributed by atoms with E-state index in [0.29, 0.717) is 18.9 Å². The molecule has 1 saturated heterocycles. The number of hydrogen-bond acceptors (Lipinski definition) is 7. The lowest BCUT2D eigenvalue weighted by Gasteiger charge is -2.36. The molecule has 1 atom stereocenters. The van der Waals surface area contributed by atoms with Crippen molar-refractivity contribution in [3.8, 4) is 28.8 Å². The fourth-order valence-electron chi connectivity index (χ4n) is 4.14. The van der Waals surface area contributed by atoms with Gasteiger partial charge in [0.1, 0.15) is 11.6 Å². The molecular weight excluding hydrogens is 416 g/mol. The van der Waals surface area contributed by atoms with Gasteiger partial charge in [0.05, 0.1) is 11.3 Å². The summed E-state index contributed by atoms with van der Waals surface area (Å²) in [5.41, 5.74) is 2.83. The highest BCUT2D eigenvalue weighted by Crippen LogP contribution is 2.32. The second-order valence-corrected chi connectivity index (χ2v) is 9.13. The van der Waals surface area contributed by atoms with Crippen LogP contribution in [0.4, 0.5) is 5.82 Å². The molecule has 0 amide bonds. The molecule has 1 fully saturated rings. The zero-order valence-electron chi connectivity index (χ0n) is 20.4. The van der Waals surface area contributed by atoms with Crippen LogP contribution < -0.4 is 10.1 Å². The molecule has 1 aliphatic heterocycles. The average Bonchev–Trinajstić information content (AvgIpc) is 2.74. The van der Waals surface area contributed by atoms with Crippen molar-refractivity contribution in [2.24, 2.45) is 0 Å². The maximum absolute atomic E-state index is 10.1. The predicted molar refractivity (Wildman–Crippen MR) is 131 cm³/mol. The summed E-state index contributed by atoms with van der Waals surface area (Å²) in [6, 6.07) is 8.16. The third-order valence-electron chi connectivity index (χ3n) is 5.46. The lowest BCUT2D eigenvalue weighted by molar-refractivity contribution is 0.0227. The van der Waals surface area contributed by atoms with Crippen LogP contribution in [0.15, 0.2) is 24.3 Å². The topological polar surface area (TPSA) is 79.7 Å². The lowest BCUT2D eigenvalue weighted by Crippen LogP contribution is -2.47. The van der Waals surface area contributed by atoms with E-state index in [1.807, 2.05) is 58.9 Å². The Balaban J connectivity index is 1.76. The highest BCUT2D eigenvalue weighted by Gasteiger charge is 2.25. The van der Waals surface area contributed by atoms with Crippen LogP contribution in [-0.2, 0) is 4.74 Å². The summed E-state index contributed by atoms with van der Waals surface area (Å²) >= 11 is 0. The number of hydrogen-bond donors (Lipinski definition) is 2. The van der Waals surface area contributed by atoms with Crippen molar-refractivity contribution in [1.29, 1.82) is 0 Å². The van der Waals surface area contributed by atoms with Gasteiger partial charge in [-0.3, -0.25) is 4.90 Å². The van der Waals surface area contributed by atoms with Gasteiger partial charge in [0.25, 0.3) is 0 Å². The van der Waals surface area contributed by atoms with E-state index >= 15 is 0 Å². The third kappa shape index (κ3) is 7.43. The Hall–Kier alpha value is -2.66. The van der Waals surface area contributed by atoms with Crippen molar-refractivity contribution >= 4 is 5.82 Å². The number of β-amino-alcohol motifs (C(OH)–C–C–N with tert-alkyl or cyclic N) is 1. The van der Waals surface area contributed by atoms with Crippen LogP contribution in [0.2, 0.25) is 0 Å². The molecule has 1 aromatic carbocycles. The van der Waals surface area contributed by atoms with Gasteiger partial charge in [-0.15, -0.1) is 16.1 Å². The number of nitrogens with one attached hydrogen (secondary N) is 1. The summed E-state index contributed by atoms with van der Waals surface area (Å²) < 4.78 is 11.3. The standard InChI is InChI=1S/C26H36N4O3/c1-6-9-20-11-12-22(23(15-20)33-18-32-7-2)25-19(3)14-24(28-29-25)27-21-10-8-13-30(16-21)17-26(4,5)31/h11-12,14-15,21,31H,7-8,10,13,16-18H2,1-5H3,(H,27,28)/t21-/m1/s1. The molecule has 0 bridgehead atoms. The van der Waals surface area contributed by atoms with Gasteiger partial charge in [-0.05, 0) is 83.8 Å². The van der Waals surface area contributed by atoms with Gasteiger partial charge in [0.15, 0.2) is 6.79 Å². The van der Waals surface area contributed by atoms with Crippen LogP contribution >= 0.6 is 0 Å². The largest absolute Gasteiger partial charge is 0.467 e. The SMILES string of the molecule is CC#Cc1ccc(-c2nnc(N[C@@H]3CCCN(CC(C)(C)O)C3)cc2C)c(OCOCC)c1. The third-order valence-corrected chi connectivity index (χ3v) is 5.46. The van der Waals surface area contributed by atoms with Crippen LogP contribution in [-0.4, -0.2) is 64.9 Å². The fraction of sp³-hybridized carbons (Fsp3) is 0.538. The molecule has 33 heavy (non-hydrogen) atoms. The highest BCUT2D eigenvalue weighted by atomic mass is 16.7. The number of nitrogens with zero attached hydrogens (tertiary/aromatic N) is 3. The minimum atomic E-state index is -0.694. The number of aliphatic hydroxyl groups is 1. The number of aromatic nitrogens is 2. The fourth-order valence-corrected chi connectivity index (χ4v) is 4.14. The number of anilines is 1. The molecule has 0 spiro atoms. The van der Waals surface area contributed by atoms with E-state index in [9.17, 15) is 5.11 Å². The van der Waals surface area contributed by atoms with Crippen molar-refractivity contribution in [3.05, 3.63) is 35.4 Å². The van der Waals surface area contributed by atoms with Crippen molar-refractivity contribution in [1.82, 2.24) is 15.1 Å². The normalized spacial score (nSPS) is 16.7. The van der Waals surface area contributed by atoms with Gasteiger partial charge in [-0.1, -0.05) is 5.92 Å². The molecule has 7 heteroatoms. The van der Waals surface area contributed by atoms with Crippen LogP contribution in [0.1, 0.15) is 51.7 Å². The van der Waals surface area contributed by atoms with E-state index < -0.39 is 5.60 Å². The Morgan fingerprint density at radius 1 is 1.27 bits per heavy atom. The van der Waals surface area contributed by atoms with E-state index in [1.54, 1.807) is 0 Å². The molecule has 0 saturated carbocycles. The summed E-state index contributed by atoms with van der Waals surface area (Å²) in [5.74, 6) is 7.43. The molecule has 2 N–H and O–H groups in total. The average molecular weight is 453 g/mol. The molecule has 178 valence electrons. The number of benzene rings is 1. The number of piperidine rings is 1. The van der Waals surface area contributed by atoms with E-state index in [1.165, 1.54) is 0 Å². The minimum Gasteiger partial charge on any atom is -0.467 e. The van der Waals surface area contributed by atoms with Gasteiger partial charge in [0.2, 0.25) is 0 Å². The van der Waals surface area contributed by atoms with Gasteiger partial charge < -0.3 is 19.9 Å². The Kier molecular flexibility index (Phi) is 8.67. The van der Waals surface area contributed by atoms with E-state index in [-0.39, 0.29) is 12.8 Å². The lowest BCUT2D eigenvalue weighted by atomic mass is 10.0. The van der Waals surface area contributed by atoms with Gasteiger partial charge in [0, 0.05) is 36.9 Å². The van der Waals surface area contributed by atoms with Crippen molar-refractivity contribution in [2.45, 2.75) is 59.1 Å². The van der Waals surface area contributed by atoms with Gasteiger partial charge in [-0.25, -0.2) is 0 Å². The molecule has 0 unspecified atom stereocenters. The summed E-state index contributed by atoms with van der Waals surface area (Å²) in [7, 11) is 0. The summed E-state index contributed by atoms with van der Waals surface area (Å²) in [5, 5.41) is 22.7. The Bertz CT molecular complexity index is 991. The monoisotopic (exact) mass is 452 g/mol.